The Bertz CT molecular complexity index is 912. The van der Waals surface area contributed by atoms with Crippen molar-refractivity contribution in [3.63, 3.8) is 0 Å². The summed E-state index contributed by atoms with van der Waals surface area (Å²) < 4.78 is 6.23. The number of halogens is 1. The fraction of sp³-hybridized carbons (Fsp3) is 0.545. The monoisotopic (exact) mass is 506 g/mol. The van der Waals surface area contributed by atoms with Gasteiger partial charge in [-0.3, -0.25) is 9.59 Å². The van der Waals surface area contributed by atoms with E-state index in [1.165, 1.54) is 0 Å². The molecule has 2 aliphatic heterocycles. The van der Waals surface area contributed by atoms with E-state index in [9.17, 15) is 9.59 Å². The molecule has 0 aromatic carbocycles. The van der Waals surface area contributed by atoms with Crippen molar-refractivity contribution in [1.29, 1.82) is 0 Å². The van der Waals surface area contributed by atoms with Crippen molar-refractivity contribution in [3.8, 4) is 10.6 Å². The zero-order chi connectivity index (χ0) is 21.8. The molecule has 1 amide bonds. The number of rotatable bonds is 5. The van der Waals surface area contributed by atoms with E-state index in [0.29, 0.717) is 13.2 Å². The molecular formula is C22H27BrN4O3S. The van der Waals surface area contributed by atoms with E-state index in [4.69, 9.17) is 4.74 Å². The van der Waals surface area contributed by atoms with Crippen LogP contribution in [0.15, 0.2) is 28.1 Å². The highest BCUT2D eigenvalue weighted by molar-refractivity contribution is 9.11. The molecule has 2 aliphatic rings. The number of hydrogen-bond donors (Lipinski definition) is 0. The van der Waals surface area contributed by atoms with E-state index < -0.39 is 0 Å². The van der Waals surface area contributed by atoms with E-state index >= 15 is 0 Å². The first-order chi connectivity index (χ1) is 15.0. The second-order valence-electron chi connectivity index (χ2n) is 8.02. The highest BCUT2D eigenvalue weighted by Gasteiger charge is 2.34. The molecule has 2 aromatic rings. The molecule has 0 N–H and O–H groups in total. The van der Waals surface area contributed by atoms with E-state index in [2.05, 4.69) is 31.0 Å². The Morgan fingerprint density at radius 2 is 1.90 bits per heavy atom. The average molecular weight is 507 g/mol. The predicted octanol–water partition coefficient (Wildman–Crippen LogP) is 3.99. The number of thiophene rings is 1. The maximum atomic E-state index is 13.1. The normalized spacial score (nSPS) is 20.0. The second-order valence-corrected chi connectivity index (χ2v) is 10.5. The van der Waals surface area contributed by atoms with E-state index in [1.807, 2.05) is 36.1 Å². The summed E-state index contributed by atoms with van der Waals surface area (Å²) in [5.41, 5.74) is 0.866. The number of esters is 1. The Morgan fingerprint density at radius 1 is 1.10 bits per heavy atom. The summed E-state index contributed by atoms with van der Waals surface area (Å²) in [7, 11) is 0. The van der Waals surface area contributed by atoms with Gasteiger partial charge in [0, 0.05) is 32.1 Å². The van der Waals surface area contributed by atoms with Crippen LogP contribution in [0, 0.1) is 11.8 Å². The van der Waals surface area contributed by atoms with E-state index in [1.54, 1.807) is 11.3 Å². The number of nitrogens with zero attached hydrogens (tertiary/aromatic N) is 4. The number of hydrogen-bond acceptors (Lipinski definition) is 7. The molecule has 1 unspecified atom stereocenters. The zero-order valence-corrected chi connectivity index (χ0v) is 20.0. The van der Waals surface area contributed by atoms with Gasteiger partial charge in [-0.05, 0) is 72.8 Å². The molecule has 0 spiro atoms. The minimum atomic E-state index is -0.185. The van der Waals surface area contributed by atoms with Gasteiger partial charge in [0.05, 0.1) is 21.2 Å². The van der Waals surface area contributed by atoms with Gasteiger partial charge in [-0.25, -0.2) is 0 Å². The smallest absolute Gasteiger partial charge is 0.310 e. The molecule has 2 saturated heterocycles. The molecule has 4 rings (SSSR count). The van der Waals surface area contributed by atoms with Crippen LogP contribution in [-0.4, -0.2) is 59.8 Å². The molecule has 4 heterocycles. The van der Waals surface area contributed by atoms with Crippen LogP contribution in [0.1, 0.15) is 32.6 Å². The maximum absolute atomic E-state index is 13.1. The summed E-state index contributed by atoms with van der Waals surface area (Å²) in [5.74, 6) is 0.680. The molecule has 0 bridgehead atoms. The Labute approximate surface area is 194 Å². The van der Waals surface area contributed by atoms with Crippen LogP contribution < -0.4 is 4.90 Å². The number of amides is 1. The van der Waals surface area contributed by atoms with Crippen molar-refractivity contribution >= 4 is 45.0 Å². The minimum Gasteiger partial charge on any atom is -0.466 e. The standard InChI is InChI=1S/C22H27BrN4O3S/c1-2-30-22(29)16-4-3-11-27(14-16)21(28)15-9-12-26(13-10-15)20-8-5-17(24-25-20)18-6-7-19(23)31-18/h5-8,15-16H,2-4,9-14H2,1H3. The molecule has 2 aromatic heterocycles. The number of aromatic nitrogens is 2. The van der Waals surface area contributed by atoms with Crippen molar-refractivity contribution in [1.82, 2.24) is 15.1 Å². The number of likely N-dealkylation sites (tertiary alicyclic amines) is 1. The summed E-state index contributed by atoms with van der Waals surface area (Å²) in [6, 6.07) is 8.05. The predicted molar refractivity (Wildman–Crippen MR) is 124 cm³/mol. The second kappa shape index (κ2) is 10.1. The first-order valence-corrected chi connectivity index (χ1v) is 12.5. The summed E-state index contributed by atoms with van der Waals surface area (Å²) >= 11 is 5.11. The molecule has 9 heteroatoms. The molecular weight excluding hydrogens is 480 g/mol. The fourth-order valence-corrected chi connectivity index (χ4v) is 5.67. The van der Waals surface area contributed by atoms with Gasteiger partial charge in [0.15, 0.2) is 5.82 Å². The van der Waals surface area contributed by atoms with Crippen LogP contribution in [0.3, 0.4) is 0 Å². The number of carbonyl (C=O) groups excluding carboxylic acids is 2. The Balaban J connectivity index is 1.31. The lowest BCUT2D eigenvalue weighted by atomic mass is 9.92. The summed E-state index contributed by atoms with van der Waals surface area (Å²) in [5, 5.41) is 8.80. The molecule has 7 nitrogen and oxygen atoms in total. The zero-order valence-electron chi connectivity index (χ0n) is 17.6. The maximum Gasteiger partial charge on any atom is 0.310 e. The van der Waals surface area contributed by atoms with Crippen LogP contribution >= 0.6 is 27.3 Å². The number of ether oxygens (including phenoxy) is 1. The highest BCUT2D eigenvalue weighted by atomic mass is 79.9. The molecule has 1 atom stereocenters. The molecule has 0 radical (unpaired) electrons. The molecule has 0 saturated carbocycles. The van der Waals surface area contributed by atoms with Gasteiger partial charge in [-0.15, -0.1) is 21.5 Å². The summed E-state index contributed by atoms with van der Waals surface area (Å²) in [6.45, 7) is 4.99. The quantitative estimate of drug-likeness (QED) is 0.570. The van der Waals surface area contributed by atoms with Crippen LogP contribution in [-0.2, 0) is 14.3 Å². The Hall–Kier alpha value is -2.00. The van der Waals surface area contributed by atoms with Crippen LogP contribution in [0.25, 0.3) is 10.6 Å². The van der Waals surface area contributed by atoms with Gasteiger partial charge in [0.2, 0.25) is 5.91 Å². The third kappa shape index (κ3) is 5.26. The molecule has 31 heavy (non-hydrogen) atoms. The first kappa shape index (κ1) is 22.2. The van der Waals surface area contributed by atoms with Gasteiger partial charge in [-0.2, -0.15) is 0 Å². The number of carbonyl (C=O) groups is 2. The fourth-order valence-electron chi connectivity index (χ4n) is 4.32. The van der Waals surface area contributed by atoms with Gasteiger partial charge < -0.3 is 14.5 Å². The van der Waals surface area contributed by atoms with Gasteiger partial charge in [0.1, 0.15) is 5.69 Å². The van der Waals surface area contributed by atoms with E-state index in [0.717, 1.165) is 65.5 Å². The van der Waals surface area contributed by atoms with Gasteiger partial charge in [-0.1, -0.05) is 0 Å². The van der Waals surface area contributed by atoms with Crippen LogP contribution in [0.4, 0.5) is 5.82 Å². The first-order valence-electron chi connectivity index (χ1n) is 10.8. The van der Waals surface area contributed by atoms with Crippen molar-refractivity contribution in [2.45, 2.75) is 32.6 Å². The van der Waals surface area contributed by atoms with Gasteiger partial charge >= 0.3 is 5.97 Å². The van der Waals surface area contributed by atoms with Crippen molar-refractivity contribution < 1.29 is 14.3 Å². The van der Waals surface area contributed by atoms with Crippen molar-refractivity contribution in [2.24, 2.45) is 11.8 Å². The lowest BCUT2D eigenvalue weighted by molar-refractivity contribution is -0.152. The Morgan fingerprint density at radius 3 is 2.55 bits per heavy atom. The topological polar surface area (TPSA) is 75.6 Å². The number of piperidine rings is 2. The summed E-state index contributed by atoms with van der Waals surface area (Å²) in [4.78, 5) is 30.3. The number of anilines is 1. The summed E-state index contributed by atoms with van der Waals surface area (Å²) in [6.07, 6.45) is 3.25. The molecule has 0 aliphatic carbocycles. The van der Waals surface area contributed by atoms with Crippen LogP contribution in [0.5, 0.6) is 0 Å². The van der Waals surface area contributed by atoms with Gasteiger partial charge in [0.25, 0.3) is 0 Å². The van der Waals surface area contributed by atoms with E-state index in [-0.39, 0.29) is 23.7 Å². The van der Waals surface area contributed by atoms with Crippen LogP contribution in [0.2, 0.25) is 0 Å². The lowest BCUT2D eigenvalue weighted by Crippen LogP contribution is -2.47. The third-order valence-corrected chi connectivity index (χ3v) is 7.64. The third-order valence-electron chi connectivity index (χ3n) is 6.00. The lowest BCUT2D eigenvalue weighted by Gasteiger charge is -2.37. The SMILES string of the molecule is CCOC(=O)C1CCCN(C(=O)C2CCN(c3ccc(-c4ccc(Br)s4)nn3)CC2)C1. The molecule has 2 fully saturated rings. The average Bonchev–Trinajstić information content (AvgIpc) is 3.25. The molecule has 166 valence electrons. The Kier molecular flexibility index (Phi) is 7.22. The van der Waals surface area contributed by atoms with Crippen molar-refractivity contribution in [2.75, 3.05) is 37.7 Å². The largest absolute Gasteiger partial charge is 0.466 e. The highest BCUT2D eigenvalue weighted by Crippen LogP contribution is 2.31. The minimum absolute atomic E-state index is 0.00731. The van der Waals surface area contributed by atoms with Crippen molar-refractivity contribution in [3.05, 3.63) is 28.1 Å².